The Bertz CT molecular complexity index is 597. The van der Waals surface area contributed by atoms with Crippen LogP contribution < -0.4 is 4.74 Å². The van der Waals surface area contributed by atoms with Crippen LogP contribution in [0.2, 0.25) is 0 Å². The third kappa shape index (κ3) is 3.85. The zero-order valence-corrected chi connectivity index (χ0v) is 13.3. The number of ether oxygens (including phenoxy) is 1. The third-order valence-corrected chi connectivity index (χ3v) is 3.59. The van der Waals surface area contributed by atoms with Crippen molar-refractivity contribution in [3.8, 4) is 11.5 Å². The van der Waals surface area contributed by atoms with E-state index in [0.29, 0.717) is 6.42 Å². The molecule has 1 N–H and O–H groups in total. The van der Waals surface area contributed by atoms with Gasteiger partial charge in [-0.3, -0.25) is 0 Å². The van der Waals surface area contributed by atoms with Gasteiger partial charge in [0.2, 0.25) is 0 Å². The highest BCUT2D eigenvalue weighted by Crippen LogP contribution is 2.32. The standard InChI is InChI=1S/C19H24O2/c1-5-17(20)16-11-6-7-12-18(16)21-15-10-8-9-14(13-15)19(2,3)4/h6-13,17,20H,5H2,1-4H3/t17-/m1/s1. The number of hydrogen-bond acceptors (Lipinski definition) is 2. The van der Waals surface area contributed by atoms with Gasteiger partial charge in [0.1, 0.15) is 11.5 Å². The van der Waals surface area contributed by atoms with Gasteiger partial charge in [-0.2, -0.15) is 0 Å². The summed E-state index contributed by atoms with van der Waals surface area (Å²) in [6.07, 6.45) is 0.176. The van der Waals surface area contributed by atoms with Gasteiger partial charge in [0, 0.05) is 5.56 Å². The van der Waals surface area contributed by atoms with Crippen molar-refractivity contribution < 1.29 is 9.84 Å². The van der Waals surface area contributed by atoms with E-state index in [1.54, 1.807) is 0 Å². The number of para-hydroxylation sites is 1. The normalized spacial score (nSPS) is 13.0. The molecule has 0 amide bonds. The van der Waals surface area contributed by atoms with E-state index < -0.39 is 6.10 Å². The van der Waals surface area contributed by atoms with E-state index in [1.165, 1.54) is 5.56 Å². The first-order chi connectivity index (χ1) is 9.91. The minimum absolute atomic E-state index is 0.0851. The summed E-state index contributed by atoms with van der Waals surface area (Å²) in [5.74, 6) is 1.52. The number of aliphatic hydroxyl groups excluding tert-OH is 1. The summed E-state index contributed by atoms with van der Waals surface area (Å²) in [5.41, 5.74) is 2.15. The molecule has 0 aliphatic carbocycles. The van der Waals surface area contributed by atoms with E-state index >= 15 is 0 Å². The number of rotatable bonds is 4. The smallest absolute Gasteiger partial charge is 0.133 e. The van der Waals surface area contributed by atoms with Crippen molar-refractivity contribution in [1.82, 2.24) is 0 Å². The molecule has 0 heterocycles. The molecule has 0 unspecified atom stereocenters. The van der Waals surface area contributed by atoms with E-state index in [2.05, 4.69) is 32.9 Å². The van der Waals surface area contributed by atoms with Crippen LogP contribution in [-0.2, 0) is 5.41 Å². The van der Waals surface area contributed by atoms with Gasteiger partial charge in [0.25, 0.3) is 0 Å². The summed E-state index contributed by atoms with van der Waals surface area (Å²) in [6, 6.07) is 15.8. The second-order valence-electron chi connectivity index (χ2n) is 6.34. The highest BCUT2D eigenvalue weighted by molar-refractivity contribution is 5.41. The van der Waals surface area contributed by atoms with Crippen LogP contribution in [0.1, 0.15) is 51.3 Å². The molecule has 0 radical (unpaired) electrons. The molecule has 21 heavy (non-hydrogen) atoms. The SMILES string of the molecule is CC[C@@H](O)c1ccccc1Oc1cccc(C(C)(C)C)c1. The number of benzene rings is 2. The molecule has 0 aliphatic rings. The highest BCUT2D eigenvalue weighted by atomic mass is 16.5. The lowest BCUT2D eigenvalue weighted by molar-refractivity contribution is 0.170. The molecule has 0 saturated heterocycles. The first-order valence-electron chi connectivity index (χ1n) is 7.47. The van der Waals surface area contributed by atoms with Crippen molar-refractivity contribution in [3.63, 3.8) is 0 Å². The molecular formula is C19H24O2. The van der Waals surface area contributed by atoms with Gasteiger partial charge in [-0.05, 0) is 35.6 Å². The highest BCUT2D eigenvalue weighted by Gasteiger charge is 2.15. The Morgan fingerprint density at radius 2 is 1.76 bits per heavy atom. The average Bonchev–Trinajstić information content (AvgIpc) is 2.46. The van der Waals surface area contributed by atoms with Crippen LogP contribution >= 0.6 is 0 Å². The summed E-state index contributed by atoms with van der Waals surface area (Å²) >= 11 is 0. The minimum atomic E-state index is -0.494. The molecule has 0 aliphatic heterocycles. The molecule has 112 valence electrons. The Labute approximate surface area is 127 Å². The summed E-state index contributed by atoms with van der Waals surface area (Å²) in [7, 11) is 0. The maximum atomic E-state index is 10.1. The minimum Gasteiger partial charge on any atom is -0.457 e. The van der Waals surface area contributed by atoms with Crippen molar-refractivity contribution in [1.29, 1.82) is 0 Å². The van der Waals surface area contributed by atoms with Crippen LogP contribution in [-0.4, -0.2) is 5.11 Å². The van der Waals surface area contributed by atoms with E-state index in [-0.39, 0.29) is 5.41 Å². The Morgan fingerprint density at radius 1 is 1.05 bits per heavy atom. The molecule has 2 aromatic carbocycles. The van der Waals surface area contributed by atoms with Crippen LogP contribution in [0.3, 0.4) is 0 Å². The van der Waals surface area contributed by atoms with E-state index in [9.17, 15) is 5.11 Å². The number of hydrogen-bond donors (Lipinski definition) is 1. The monoisotopic (exact) mass is 284 g/mol. The fourth-order valence-corrected chi connectivity index (χ4v) is 2.22. The van der Waals surface area contributed by atoms with Crippen LogP contribution in [0.4, 0.5) is 0 Å². The molecule has 0 saturated carbocycles. The molecule has 1 atom stereocenters. The Hall–Kier alpha value is -1.80. The lowest BCUT2D eigenvalue weighted by atomic mass is 9.87. The molecular weight excluding hydrogens is 260 g/mol. The zero-order valence-electron chi connectivity index (χ0n) is 13.3. The van der Waals surface area contributed by atoms with Gasteiger partial charge in [-0.25, -0.2) is 0 Å². The van der Waals surface area contributed by atoms with E-state index in [0.717, 1.165) is 17.1 Å². The largest absolute Gasteiger partial charge is 0.457 e. The van der Waals surface area contributed by atoms with Crippen LogP contribution in [0.15, 0.2) is 48.5 Å². The fourth-order valence-electron chi connectivity index (χ4n) is 2.22. The molecule has 2 aromatic rings. The molecule has 0 bridgehead atoms. The molecule has 2 rings (SSSR count). The van der Waals surface area contributed by atoms with Gasteiger partial charge < -0.3 is 9.84 Å². The second kappa shape index (κ2) is 6.31. The molecule has 0 fully saturated rings. The van der Waals surface area contributed by atoms with Crippen molar-refractivity contribution >= 4 is 0 Å². The van der Waals surface area contributed by atoms with Crippen molar-refractivity contribution in [2.75, 3.05) is 0 Å². The first kappa shape index (κ1) is 15.6. The van der Waals surface area contributed by atoms with Gasteiger partial charge in [0.15, 0.2) is 0 Å². The molecule has 0 aromatic heterocycles. The summed E-state index contributed by atoms with van der Waals surface area (Å²) in [6.45, 7) is 8.50. The predicted octanol–water partition coefficient (Wildman–Crippen LogP) is 5.22. The van der Waals surface area contributed by atoms with E-state index in [4.69, 9.17) is 4.74 Å². The molecule has 2 heteroatoms. The van der Waals surface area contributed by atoms with Crippen molar-refractivity contribution in [2.24, 2.45) is 0 Å². The van der Waals surface area contributed by atoms with Crippen LogP contribution in [0.25, 0.3) is 0 Å². The number of aliphatic hydroxyl groups is 1. The quantitative estimate of drug-likeness (QED) is 0.834. The Morgan fingerprint density at radius 3 is 2.43 bits per heavy atom. The van der Waals surface area contributed by atoms with Crippen LogP contribution in [0, 0.1) is 0 Å². The zero-order chi connectivity index (χ0) is 15.5. The maximum absolute atomic E-state index is 10.1. The second-order valence-corrected chi connectivity index (χ2v) is 6.34. The van der Waals surface area contributed by atoms with Gasteiger partial charge in [-0.15, -0.1) is 0 Å². The van der Waals surface area contributed by atoms with Crippen molar-refractivity contribution in [2.45, 2.75) is 45.6 Å². The average molecular weight is 284 g/mol. The molecule has 0 spiro atoms. The first-order valence-corrected chi connectivity index (χ1v) is 7.47. The lowest BCUT2D eigenvalue weighted by Crippen LogP contribution is -2.10. The summed E-state index contributed by atoms with van der Waals surface area (Å²) in [4.78, 5) is 0. The van der Waals surface area contributed by atoms with E-state index in [1.807, 2.05) is 43.3 Å². The summed E-state index contributed by atoms with van der Waals surface area (Å²) < 4.78 is 6.01. The van der Waals surface area contributed by atoms with Gasteiger partial charge in [-0.1, -0.05) is 58.0 Å². The van der Waals surface area contributed by atoms with Crippen LogP contribution in [0.5, 0.6) is 11.5 Å². The maximum Gasteiger partial charge on any atom is 0.133 e. The Kier molecular flexibility index (Phi) is 4.69. The topological polar surface area (TPSA) is 29.5 Å². The van der Waals surface area contributed by atoms with Gasteiger partial charge in [0.05, 0.1) is 6.10 Å². The third-order valence-electron chi connectivity index (χ3n) is 3.59. The summed E-state index contributed by atoms with van der Waals surface area (Å²) in [5, 5.41) is 10.1. The fraction of sp³-hybridized carbons (Fsp3) is 0.368. The Balaban J connectivity index is 2.31. The van der Waals surface area contributed by atoms with Gasteiger partial charge >= 0.3 is 0 Å². The molecule has 2 nitrogen and oxygen atoms in total. The van der Waals surface area contributed by atoms with Crippen molar-refractivity contribution in [3.05, 3.63) is 59.7 Å². The lowest BCUT2D eigenvalue weighted by Gasteiger charge is -2.20. The predicted molar refractivity (Wildman–Crippen MR) is 86.9 cm³/mol.